The molecule has 1 aromatic carbocycles. The van der Waals surface area contributed by atoms with Crippen molar-refractivity contribution in [2.75, 3.05) is 0 Å². The van der Waals surface area contributed by atoms with Crippen LogP contribution >= 0.6 is 50.5 Å². The summed E-state index contributed by atoms with van der Waals surface area (Å²) in [6.45, 7) is 0. The van der Waals surface area contributed by atoms with E-state index in [1.807, 2.05) is 6.07 Å². The van der Waals surface area contributed by atoms with Gasteiger partial charge in [-0.1, -0.05) is 39.1 Å². The van der Waals surface area contributed by atoms with E-state index in [4.69, 9.17) is 23.2 Å². The molecule has 0 spiro atoms. The molecular formula is C8H4BrCl2NS. The van der Waals surface area contributed by atoms with Gasteiger partial charge in [0.25, 0.3) is 0 Å². The Kier molecular flexibility index (Phi) is 2.79. The molecule has 0 aliphatic carbocycles. The lowest BCUT2D eigenvalue weighted by molar-refractivity contribution is 1.32. The Morgan fingerprint density at radius 3 is 2.85 bits per heavy atom. The van der Waals surface area contributed by atoms with E-state index in [-0.39, 0.29) is 0 Å². The second-order valence-corrected chi connectivity index (χ2v) is 4.88. The molecule has 2 aromatic rings. The molecule has 1 nitrogen and oxygen atoms in total. The second-order valence-electron chi connectivity index (χ2n) is 2.45. The highest BCUT2D eigenvalue weighted by molar-refractivity contribution is 9.08. The van der Waals surface area contributed by atoms with Gasteiger partial charge in [0.15, 0.2) is 0 Å². The molecule has 0 unspecified atom stereocenters. The highest BCUT2D eigenvalue weighted by Gasteiger charge is 2.08. The minimum Gasteiger partial charge on any atom is -0.240 e. The topological polar surface area (TPSA) is 12.9 Å². The van der Waals surface area contributed by atoms with Crippen LogP contribution in [0.3, 0.4) is 0 Å². The summed E-state index contributed by atoms with van der Waals surface area (Å²) in [5.74, 6) is 0. The Bertz CT molecular complexity index is 455. The van der Waals surface area contributed by atoms with Crippen LogP contribution < -0.4 is 0 Å². The van der Waals surface area contributed by atoms with Crippen LogP contribution in [-0.2, 0) is 5.33 Å². The van der Waals surface area contributed by atoms with E-state index in [1.54, 1.807) is 17.4 Å². The Morgan fingerprint density at radius 2 is 2.15 bits per heavy atom. The summed E-state index contributed by atoms with van der Waals surface area (Å²) in [4.78, 5) is 4.36. The number of fused-ring (bicyclic) bond motifs is 1. The lowest BCUT2D eigenvalue weighted by Gasteiger charge is -1.93. The van der Waals surface area contributed by atoms with Gasteiger partial charge < -0.3 is 0 Å². The molecule has 0 fully saturated rings. The Labute approximate surface area is 97.8 Å². The van der Waals surface area contributed by atoms with Gasteiger partial charge >= 0.3 is 0 Å². The molecule has 0 radical (unpaired) electrons. The molecule has 0 saturated heterocycles. The van der Waals surface area contributed by atoms with Gasteiger partial charge in [-0.05, 0) is 12.1 Å². The van der Waals surface area contributed by atoms with Crippen molar-refractivity contribution in [3.8, 4) is 0 Å². The first-order valence-electron chi connectivity index (χ1n) is 3.51. The maximum atomic E-state index is 6.02. The number of hydrogen-bond acceptors (Lipinski definition) is 2. The Hall–Kier alpha value is 0.170. The summed E-state index contributed by atoms with van der Waals surface area (Å²) < 4.78 is 0.962. The van der Waals surface area contributed by atoms with Crippen molar-refractivity contribution in [3.05, 3.63) is 27.2 Å². The molecule has 0 saturated carbocycles. The van der Waals surface area contributed by atoms with Crippen molar-refractivity contribution < 1.29 is 0 Å². The zero-order valence-electron chi connectivity index (χ0n) is 6.35. The molecule has 2 rings (SSSR count). The van der Waals surface area contributed by atoms with E-state index in [0.29, 0.717) is 10.0 Å². The molecule has 13 heavy (non-hydrogen) atoms. The summed E-state index contributed by atoms with van der Waals surface area (Å²) in [6, 6.07) is 3.65. The summed E-state index contributed by atoms with van der Waals surface area (Å²) in [7, 11) is 0. The van der Waals surface area contributed by atoms with Crippen LogP contribution in [0.25, 0.3) is 10.2 Å². The third kappa shape index (κ3) is 1.71. The minimum absolute atomic E-state index is 0.582. The summed E-state index contributed by atoms with van der Waals surface area (Å²) >= 11 is 16.8. The zero-order valence-corrected chi connectivity index (χ0v) is 10.3. The van der Waals surface area contributed by atoms with Crippen molar-refractivity contribution in [2.45, 2.75) is 5.33 Å². The second kappa shape index (κ2) is 3.73. The summed E-state index contributed by atoms with van der Waals surface area (Å²) in [6.07, 6.45) is 0. The van der Waals surface area contributed by atoms with E-state index in [0.717, 1.165) is 20.6 Å². The number of rotatable bonds is 1. The van der Waals surface area contributed by atoms with Gasteiger partial charge in [0, 0.05) is 0 Å². The first-order chi connectivity index (χ1) is 6.22. The Balaban J connectivity index is 2.76. The lowest BCUT2D eigenvalue weighted by Crippen LogP contribution is -1.72. The third-order valence-corrected chi connectivity index (χ3v) is 4.52. The maximum absolute atomic E-state index is 6.02. The number of nitrogens with zero attached hydrogens (tertiary/aromatic N) is 1. The number of hydrogen-bond donors (Lipinski definition) is 0. The van der Waals surface area contributed by atoms with Gasteiger partial charge in [-0.3, -0.25) is 0 Å². The van der Waals surface area contributed by atoms with Crippen LogP contribution in [0, 0.1) is 0 Å². The van der Waals surface area contributed by atoms with Crippen molar-refractivity contribution in [1.29, 1.82) is 0 Å². The van der Waals surface area contributed by atoms with Crippen LogP contribution in [-0.4, -0.2) is 4.98 Å². The number of benzene rings is 1. The fraction of sp³-hybridized carbons (Fsp3) is 0.125. The molecule has 0 amide bonds. The van der Waals surface area contributed by atoms with E-state index in [9.17, 15) is 0 Å². The van der Waals surface area contributed by atoms with Crippen LogP contribution in [0.2, 0.25) is 10.0 Å². The SMILES string of the molecule is Clc1ccc2nc(CBr)sc2c1Cl. The molecule has 0 atom stereocenters. The van der Waals surface area contributed by atoms with Gasteiger partial charge in [-0.15, -0.1) is 11.3 Å². The van der Waals surface area contributed by atoms with Crippen molar-refractivity contribution in [2.24, 2.45) is 0 Å². The first-order valence-corrected chi connectivity index (χ1v) is 6.21. The first kappa shape index (κ1) is 9.71. The fourth-order valence-corrected chi connectivity index (χ4v) is 2.85. The zero-order chi connectivity index (χ0) is 9.42. The molecule has 1 aromatic heterocycles. The predicted molar refractivity (Wildman–Crippen MR) is 62.3 cm³/mol. The highest BCUT2D eigenvalue weighted by Crippen LogP contribution is 2.34. The molecule has 0 aliphatic rings. The smallest absolute Gasteiger partial charge is 0.104 e. The van der Waals surface area contributed by atoms with Crippen molar-refractivity contribution in [1.82, 2.24) is 4.98 Å². The lowest BCUT2D eigenvalue weighted by atomic mass is 10.3. The summed E-state index contributed by atoms with van der Waals surface area (Å²) in [5, 5.41) is 2.95. The third-order valence-electron chi connectivity index (χ3n) is 1.61. The number of thiazole rings is 1. The van der Waals surface area contributed by atoms with Crippen LogP contribution in [0.5, 0.6) is 0 Å². The van der Waals surface area contributed by atoms with E-state index >= 15 is 0 Å². The van der Waals surface area contributed by atoms with Gasteiger partial charge in [-0.2, -0.15) is 0 Å². The van der Waals surface area contributed by atoms with Gasteiger partial charge in [0.05, 0.1) is 25.6 Å². The minimum atomic E-state index is 0.582. The van der Waals surface area contributed by atoms with Gasteiger partial charge in [0.1, 0.15) is 5.01 Å². The van der Waals surface area contributed by atoms with Gasteiger partial charge in [-0.25, -0.2) is 4.98 Å². The molecular weight excluding hydrogens is 293 g/mol. The van der Waals surface area contributed by atoms with Gasteiger partial charge in [0.2, 0.25) is 0 Å². The van der Waals surface area contributed by atoms with Crippen LogP contribution in [0.15, 0.2) is 12.1 Å². The highest BCUT2D eigenvalue weighted by atomic mass is 79.9. The van der Waals surface area contributed by atoms with Crippen molar-refractivity contribution in [3.63, 3.8) is 0 Å². The normalized spacial score (nSPS) is 11.0. The largest absolute Gasteiger partial charge is 0.240 e. The molecule has 0 aliphatic heterocycles. The number of halogens is 3. The Morgan fingerprint density at radius 1 is 1.38 bits per heavy atom. The summed E-state index contributed by atoms with van der Waals surface area (Å²) in [5.41, 5.74) is 0.911. The number of alkyl halides is 1. The van der Waals surface area contributed by atoms with E-state index in [1.165, 1.54) is 0 Å². The van der Waals surface area contributed by atoms with Crippen molar-refractivity contribution >= 4 is 60.7 Å². The quantitative estimate of drug-likeness (QED) is 0.706. The molecule has 5 heteroatoms. The van der Waals surface area contributed by atoms with E-state index < -0.39 is 0 Å². The van der Waals surface area contributed by atoms with Crippen LogP contribution in [0.1, 0.15) is 5.01 Å². The fourth-order valence-electron chi connectivity index (χ4n) is 1.04. The average Bonchev–Trinajstić information content (AvgIpc) is 2.55. The van der Waals surface area contributed by atoms with Crippen LogP contribution in [0.4, 0.5) is 0 Å². The molecule has 0 N–H and O–H groups in total. The predicted octanol–water partition coefficient (Wildman–Crippen LogP) is 4.50. The standard InChI is InChI=1S/C8H4BrCl2NS/c9-3-6-12-5-2-1-4(10)7(11)8(5)13-6/h1-2H,3H2. The average molecular weight is 297 g/mol. The molecule has 1 heterocycles. The van der Waals surface area contributed by atoms with E-state index in [2.05, 4.69) is 20.9 Å². The maximum Gasteiger partial charge on any atom is 0.104 e. The monoisotopic (exact) mass is 295 g/mol. The number of aromatic nitrogens is 1. The molecule has 68 valence electrons. The molecule has 0 bridgehead atoms.